The third-order valence-corrected chi connectivity index (χ3v) is 8.45. The van der Waals surface area contributed by atoms with Crippen molar-refractivity contribution >= 4 is 33.2 Å². The maximum Gasteiger partial charge on any atom is 0.243 e. The van der Waals surface area contributed by atoms with Crippen LogP contribution in [0, 0.1) is 11.6 Å². The number of halogens is 2. The molecule has 230 valence electrons. The van der Waals surface area contributed by atoms with Gasteiger partial charge >= 0.3 is 0 Å². The van der Waals surface area contributed by atoms with Gasteiger partial charge in [-0.25, -0.2) is 13.8 Å². The Morgan fingerprint density at radius 1 is 1.16 bits per heavy atom. The van der Waals surface area contributed by atoms with Crippen LogP contribution in [0.5, 0.6) is 5.75 Å². The molecule has 2 atom stereocenters. The molecule has 45 heavy (non-hydrogen) atoms. The van der Waals surface area contributed by atoms with Gasteiger partial charge in [0.25, 0.3) is 0 Å². The van der Waals surface area contributed by atoms with E-state index >= 15 is 4.39 Å². The zero-order chi connectivity index (χ0) is 31.8. The highest BCUT2D eigenvalue weighted by Gasteiger charge is 2.27. The van der Waals surface area contributed by atoms with E-state index in [1.54, 1.807) is 13.0 Å². The lowest BCUT2D eigenvalue weighted by molar-refractivity contribution is -0.121. The number of rotatable bonds is 9. The van der Waals surface area contributed by atoms with Gasteiger partial charge in [-0.2, -0.15) is 5.10 Å². The van der Waals surface area contributed by atoms with Crippen LogP contribution in [0.3, 0.4) is 0 Å². The van der Waals surface area contributed by atoms with E-state index in [4.69, 9.17) is 9.72 Å². The van der Waals surface area contributed by atoms with Crippen molar-refractivity contribution in [2.45, 2.75) is 39.0 Å². The van der Waals surface area contributed by atoms with Crippen LogP contribution in [0.15, 0.2) is 60.5 Å². The quantitative estimate of drug-likeness (QED) is 0.157. The molecule has 5 aromatic rings. The van der Waals surface area contributed by atoms with Crippen molar-refractivity contribution in [2.75, 3.05) is 6.61 Å². The van der Waals surface area contributed by atoms with Crippen molar-refractivity contribution in [2.24, 2.45) is 0 Å². The Morgan fingerprint density at radius 3 is 2.76 bits per heavy atom. The predicted octanol–water partition coefficient (Wildman–Crippen LogP) is 5.59. The van der Waals surface area contributed by atoms with Crippen molar-refractivity contribution in [3.05, 3.63) is 89.0 Å². The number of fused-ring (bicyclic) bond motifs is 2. The number of benzene rings is 2. The van der Waals surface area contributed by atoms with E-state index in [-0.39, 0.29) is 36.2 Å². The summed E-state index contributed by atoms with van der Waals surface area (Å²) in [6, 6.07) is 10.8. The Morgan fingerprint density at radius 2 is 1.98 bits per heavy atom. The molecule has 0 spiro atoms. The number of hydrogen-bond acceptors (Lipinski definition) is 7. The molecule has 6 rings (SSSR count). The lowest BCUT2D eigenvalue weighted by atomic mass is 9.93. The molecular weight excluding hydrogens is 600 g/mol. The molecule has 1 aliphatic rings. The molecule has 3 aromatic heterocycles. The monoisotopic (exact) mass is 629 g/mol. The van der Waals surface area contributed by atoms with Crippen LogP contribution in [0.4, 0.5) is 8.78 Å². The number of carbonyl (C=O) groups is 2. The van der Waals surface area contributed by atoms with Crippen molar-refractivity contribution in [3.8, 4) is 39.5 Å². The predicted molar refractivity (Wildman–Crippen MR) is 167 cm³/mol. The summed E-state index contributed by atoms with van der Waals surface area (Å²) in [5, 5.41) is 25.6. The zero-order valence-corrected chi connectivity index (χ0v) is 25.2. The molecule has 2 unspecified atom stereocenters. The minimum Gasteiger partial charge on any atom is -0.490 e. The molecule has 0 bridgehead atoms. The maximum atomic E-state index is 15.9. The van der Waals surface area contributed by atoms with Gasteiger partial charge in [0.15, 0.2) is 0 Å². The summed E-state index contributed by atoms with van der Waals surface area (Å²) in [7, 11) is 0. The summed E-state index contributed by atoms with van der Waals surface area (Å²) >= 11 is 1.36. The van der Waals surface area contributed by atoms with Crippen LogP contribution in [0.2, 0.25) is 0 Å². The summed E-state index contributed by atoms with van der Waals surface area (Å²) in [5.74, 6) is -2.20. The van der Waals surface area contributed by atoms with E-state index in [9.17, 15) is 19.1 Å². The first kappa shape index (κ1) is 30.1. The first-order valence-corrected chi connectivity index (χ1v) is 15.1. The van der Waals surface area contributed by atoms with E-state index < -0.39 is 23.8 Å². The van der Waals surface area contributed by atoms with E-state index in [1.807, 2.05) is 29.6 Å². The Kier molecular flexibility index (Phi) is 8.17. The number of carbonyl (C=O) groups excluding carboxylic acids is 2. The van der Waals surface area contributed by atoms with Crippen molar-refractivity contribution in [1.82, 2.24) is 25.8 Å². The number of nitrogens with zero attached hydrogens (tertiary/aromatic N) is 2. The minimum absolute atomic E-state index is 0.0238. The molecule has 0 radical (unpaired) electrons. The third kappa shape index (κ3) is 5.94. The number of pyridine rings is 1. The SMILES string of the molecule is C=CC(=O)NC(C)c1cc(-c2nc(-c3ccc4c(c3)CNC(=O)C4)c3ccsc3c2-c2c(F)cc(F)cc2OCC(C)O)n[nH]1. The van der Waals surface area contributed by atoms with E-state index in [1.165, 1.54) is 24.3 Å². The number of nitrogens with one attached hydrogen (secondary N) is 3. The second kappa shape index (κ2) is 12.2. The smallest absolute Gasteiger partial charge is 0.243 e. The second-order valence-electron chi connectivity index (χ2n) is 10.8. The Balaban J connectivity index is 1.60. The van der Waals surface area contributed by atoms with Crippen molar-refractivity contribution in [3.63, 3.8) is 0 Å². The number of aromatic nitrogens is 3. The maximum absolute atomic E-state index is 15.9. The number of H-pyrrole nitrogens is 1. The number of amides is 2. The topological polar surface area (TPSA) is 129 Å². The van der Waals surface area contributed by atoms with Gasteiger partial charge in [-0.05, 0) is 54.6 Å². The standard InChI is InChI=1S/C33H29F2N5O4S/c1-4-27(42)37-17(3)24-13-25(40-39-24)32-30(29-23(35)11-21(34)12-26(29)44-15-16(2)41)33-22(7-8-45-33)31(38-32)19-6-5-18-10-28(43)36-14-20(18)9-19/h4-9,11-13,16-17,41H,1,10,14-15H2,2-3H3,(H,36,43)(H,37,42)(H,39,40). The Hall–Kier alpha value is -4.94. The molecular formula is C33H29F2N5O4S. The highest BCUT2D eigenvalue weighted by Crippen LogP contribution is 2.47. The summed E-state index contributed by atoms with van der Waals surface area (Å²) in [6.07, 6.45) is 0.568. The number of aromatic amines is 1. The molecule has 2 aromatic carbocycles. The summed E-state index contributed by atoms with van der Waals surface area (Å²) in [5.41, 5.74) is 4.82. The summed E-state index contributed by atoms with van der Waals surface area (Å²) in [6.45, 7) is 6.97. The van der Waals surface area contributed by atoms with E-state index in [0.717, 1.165) is 34.2 Å². The van der Waals surface area contributed by atoms with Gasteiger partial charge in [-0.3, -0.25) is 14.7 Å². The highest BCUT2D eigenvalue weighted by atomic mass is 32.1. The van der Waals surface area contributed by atoms with Crippen LogP contribution in [0.25, 0.3) is 43.9 Å². The fourth-order valence-corrected chi connectivity index (χ4v) is 6.30. The fourth-order valence-electron chi connectivity index (χ4n) is 5.35. The number of ether oxygens (including phenoxy) is 1. The summed E-state index contributed by atoms with van der Waals surface area (Å²) in [4.78, 5) is 29.0. The van der Waals surface area contributed by atoms with Crippen molar-refractivity contribution in [1.29, 1.82) is 0 Å². The van der Waals surface area contributed by atoms with Gasteiger partial charge < -0.3 is 20.5 Å². The minimum atomic E-state index is -0.888. The molecule has 0 saturated carbocycles. The molecule has 4 heterocycles. The van der Waals surface area contributed by atoms with E-state index in [0.29, 0.717) is 39.6 Å². The van der Waals surface area contributed by atoms with Crippen LogP contribution in [0.1, 0.15) is 36.7 Å². The van der Waals surface area contributed by atoms with Gasteiger partial charge in [-0.15, -0.1) is 11.3 Å². The van der Waals surface area contributed by atoms with E-state index in [2.05, 4.69) is 27.4 Å². The van der Waals surface area contributed by atoms with Crippen LogP contribution < -0.4 is 15.4 Å². The van der Waals surface area contributed by atoms with Crippen LogP contribution >= 0.6 is 11.3 Å². The largest absolute Gasteiger partial charge is 0.490 e. The first-order valence-electron chi connectivity index (χ1n) is 14.2. The Labute approximate surface area is 261 Å². The normalized spacial score (nSPS) is 14.0. The number of hydrogen-bond donors (Lipinski definition) is 4. The second-order valence-corrected chi connectivity index (χ2v) is 11.8. The highest BCUT2D eigenvalue weighted by molar-refractivity contribution is 7.18. The molecule has 2 amide bonds. The lowest BCUT2D eigenvalue weighted by Gasteiger charge is -2.19. The van der Waals surface area contributed by atoms with Crippen LogP contribution in [-0.4, -0.2) is 44.8 Å². The van der Waals surface area contributed by atoms with Crippen LogP contribution in [-0.2, 0) is 22.6 Å². The Bertz CT molecular complexity index is 1970. The third-order valence-electron chi connectivity index (χ3n) is 7.51. The number of aliphatic hydroxyl groups is 1. The molecule has 4 N–H and O–H groups in total. The molecule has 0 fully saturated rings. The van der Waals surface area contributed by atoms with Gasteiger partial charge in [0.05, 0.1) is 35.5 Å². The number of thiophene rings is 1. The first-order chi connectivity index (χ1) is 21.6. The van der Waals surface area contributed by atoms with Crippen molar-refractivity contribution < 1.29 is 28.2 Å². The average Bonchev–Trinajstić information content (AvgIpc) is 3.70. The number of aliphatic hydroxyl groups excluding tert-OH is 1. The zero-order valence-electron chi connectivity index (χ0n) is 24.4. The molecule has 0 saturated heterocycles. The average molecular weight is 630 g/mol. The molecule has 0 aliphatic carbocycles. The molecule has 9 nitrogen and oxygen atoms in total. The molecule has 12 heteroatoms. The fraction of sp³-hybridized carbons (Fsp3) is 0.212. The van der Waals surface area contributed by atoms with Gasteiger partial charge in [-0.1, -0.05) is 18.7 Å². The lowest BCUT2D eigenvalue weighted by Crippen LogP contribution is -2.30. The summed E-state index contributed by atoms with van der Waals surface area (Å²) < 4.78 is 36.8. The molecule has 1 aliphatic heterocycles. The van der Waals surface area contributed by atoms with Gasteiger partial charge in [0, 0.05) is 39.9 Å². The van der Waals surface area contributed by atoms with Gasteiger partial charge in [0.2, 0.25) is 11.8 Å². The van der Waals surface area contributed by atoms with Gasteiger partial charge in [0.1, 0.15) is 35.4 Å².